The number of ether oxygens (including phenoxy) is 2. The molecule has 0 aliphatic carbocycles. The van der Waals surface area contributed by atoms with Crippen molar-refractivity contribution in [2.45, 2.75) is 29.6 Å². The summed E-state index contributed by atoms with van der Waals surface area (Å²) < 4.78 is 138. The molecule has 0 aliphatic heterocycles. The zero-order chi connectivity index (χ0) is 22.2. The SMILES string of the molecule is O=C(OCl)c1cccc(OC(F)(F)C(F)(Cl)OC(F)(F)C(F)(F)C(F)(F)F)c1. The first-order chi connectivity index (χ1) is 12.4. The zero-order valence-corrected chi connectivity index (χ0v) is 14.0. The number of carbonyl (C=O) groups is 1. The summed E-state index contributed by atoms with van der Waals surface area (Å²) in [6.07, 6.45) is -19.6. The van der Waals surface area contributed by atoms with E-state index in [0.29, 0.717) is 12.1 Å². The molecule has 1 unspecified atom stereocenters. The van der Waals surface area contributed by atoms with Gasteiger partial charge in [-0.25, -0.2) is 4.79 Å². The predicted octanol–water partition coefficient (Wildman–Crippen LogP) is 5.64. The summed E-state index contributed by atoms with van der Waals surface area (Å²) in [5.74, 6) is -9.60. The molecule has 0 aromatic heterocycles. The van der Waals surface area contributed by atoms with E-state index in [1.807, 2.05) is 0 Å². The molecule has 1 aromatic carbocycles. The molecule has 0 fully saturated rings. The highest BCUT2D eigenvalue weighted by atomic mass is 35.5. The predicted molar refractivity (Wildman–Crippen MR) is 70.0 cm³/mol. The third-order valence-corrected chi connectivity index (χ3v) is 3.14. The van der Waals surface area contributed by atoms with Gasteiger partial charge < -0.3 is 9.03 Å². The van der Waals surface area contributed by atoms with Crippen LogP contribution >= 0.6 is 23.5 Å². The fourth-order valence-electron chi connectivity index (χ4n) is 1.39. The Bertz CT molecular complexity index is 723. The van der Waals surface area contributed by atoms with Crippen molar-refractivity contribution in [1.29, 1.82) is 0 Å². The summed E-state index contributed by atoms with van der Waals surface area (Å²) in [5.41, 5.74) is -0.586. The van der Waals surface area contributed by atoms with Crippen LogP contribution in [0.15, 0.2) is 24.3 Å². The van der Waals surface area contributed by atoms with Crippen molar-refractivity contribution in [3.05, 3.63) is 29.8 Å². The van der Waals surface area contributed by atoms with Gasteiger partial charge in [-0.15, -0.1) is 0 Å². The van der Waals surface area contributed by atoms with Crippen LogP contribution in [-0.4, -0.2) is 35.6 Å². The molecule has 0 heterocycles. The Morgan fingerprint density at radius 3 is 1.89 bits per heavy atom. The Balaban J connectivity index is 3.14. The highest BCUT2D eigenvalue weighted by Gasteiger charge is 2.78. The highest BCUT2D eigenvalue weighted by Crippen LogP contribution is 2.51. The molecule has 0 saturated heterocycles. The van der Waals surface area contributed by atoms with Gasteiger partial charge in [-0.3, -0.25) is 4.74 Å². The number of rotatable bonds is 7. The van der Waals surface area contributed by atoms with Crippen LogP contribution < -0.4 is 4.74 Å². The lowest BCUT2D eigenvalue weighted by atomic mass is 10.2. The van der Waals surface area contributed by atoms with Crippen molar-refractivity contribution in [2.75, 3.05) is 0 Å². The fourth-order valence-corrected chi connectivity index (χ4v) is 1.61. The van der Waals surface area contributed by atoms with Crippen LogP contribution in [0.4, 0.5) is 43.9 Å². The first kappa shape index (κ1) is 24.4. The van der Waals surface area contributed by atoms with Crippen LogP contribution in [0.25, 0.3) is 0 Å². The standard InChI is InChI=1S/C12H4Cl2F10O4/c13-9(17,28-11(21,22)8(15,16)10(18,19)20)12(23,24)26-6-3-1-2-5(4-6)7(25)27-14/h1-4H. The Kier molecular flexibility index (Phi) is 6.64. The van der Waals surface area contributed by atoms with Crippen molar-refractivity contribution in [1.82, 2.24) is 0 Å². The van der Waals surface area contributed by atoms with Gasteiger partial charge in [0.1, 0.15) is 17.6 Å². The van der Waals surface area contributed by atoms with E-state index in [1.54, 1.807) is 0 Å². The highest BCUT2D eigenvalue weighted by molar-refractivity contribution is 6.22. The molecule has 0 spiro atoms. The molecule has 1 aromatic rings. The molecule has 160 valence electrons. The second-order valence-corrected chi connectivity index (χ2v) is 5.36. The summed E-state index contributed by atoms with van der Waals surface area (Å²) in [7, 11) is 0. The largest absolute Gasteiger partial charge is 0.475 e. The van der Waals surface area contributed by atoms with Gasteiger partial charge in [0.2, 0.25) is 0 Å². The van der Waals surface area contributed by atoms with Gasteiger partial charge in [0, 0.05) is 0 Å². The molecule has 0 saturated carbocycles. The normalized spacial score (nSPS) is 15.7. The van der Waals surface area contributed by atoms with Crippen molar-refractivity contribution >= 4 is 29.4 Å². The lowest BCUT2D eigenvalue weighted by Gasteiger charge is -2.33. The number of hydrogen-bond donors (Lipinski definition) is 0. The smallest absolute Gasteiger partial charge is 0.427 e. The van der Waals surface area contributed by atoms with E-state index in [2.05, 4.69) is 25.4 Å². The molecule has 0 bridgehead atoms. The molecular weight excluding hydrogens is 469 g/mol. The maximum absolute atomic E-state index is 13.7. The van der Waals surface area contributed by atoms with E-state index < -0.39 is 46.9 Å². The molecule has 0 N–H and O–H groups in total. The molecule has 0 aliphatic rings. The van der Waals surface area contributed by atoms with E-state index in [-0.39, 0.29) is 0 Å². The second-order valence-electron chi connectivity index (χ2n) is 4.72. The Morgan fingerprint density at radius 1 is 0.893 bits per heavy atom. The van der Waals surface area contributed by atoms with Gasteiger partial charge in [0.05, 0.1) is 5.56 Å². The molecule has 4 nitrogen and oxygen atoms in total. The van der Waals surface area contributed by atoms with E-state index >= 15 is 0 Å². The van der Waals surface area contributed by atoms with Crippen LogP contribution in [0.5, 0.6) is 5.75 Å². The van der Waals surface area contributed by atoms with Crippen LogP contribution in [-0.2, 0) is 9.03 Å². The summed E-state index contributed by atoms with van der Waals surface area (Å²) in [6, 6.07) is 2.70. The second kappa shape index (κ2) is 7.63. The Labute approximate surface area is 158 Å². The Morgan fingerprint density at radius 2 is 1.43 bits per heavy atom. The summed E-state index contributed by atoms with van der Waals surface area (Å²) >= 11 is 9.00. The van der Waals surface area contributed by atoms with Crippen LogP contribution in [0, 0.1) is 0 Å². The van der Waals surface area contributed by atoms with Crippen molar-refractivity contribution in [3.8, 4) is 5.75 Å². The molecule has 1 atom stereocenters. The molecule has 0 radical (unpaired) electrons. The monoisotopic (exact) mass is 472 g/mol. The first-order valence-corrected chi connectivity index (χ1v) is 6.97. The maximum atomic E-state index is 13.7. The first-order valence-electron chi connectivity index (χ1n) is 6.28. The lowest BCUT2D eigenvalue weighted by Crippen LogP contribution is -2.59. The third kappa shape index (κ3) is 4.84. The summed E-state index contributed by atoms with van der Waals surface area (Å²) in [6.45, 7) is 0. The van der Waals surface area contributed by atoms with Crippen LogP contribution in [0.3, 0.4) is 0 Å². The van der Waals surface area contributed by atoms with Crippen LogP contribution in [0.2, 0.25) is 0 Å². The summed E-state index contributed by atoms with van der Waals surface area (Å²) in [4.78, 5) is 11.1. The van der Waals surface area contributed by atoms with Crippen molar-refractivity contribution in [2.24, 2.45) is 0 Å². The van der Waals surface area contributed by atoms with Gasteiger partial charge in [-0.05, 0) is 29.8 Å². The molecule has 16 heteroatoms. The van der Waals surface area contributed by atoms with Gasteiger partial charge in [-0.1, -0.05) is 6.07 Å². The fraction of sp³-hybridized carbons (Fsp3) is 0.417. The minimum atomic E-state index is -7.09. The van der Waals surface area contributed by atoms with E-state index in [9.17, 15) is 48.7 Å². The number of alkyl halides is 11. The number of carbonyl (C=O) groups excluding carboxylic acids is 1. The van der Waals surface area contributed by atoms with Gasteiger partial charge in [0.25, 0.3) is 0 Å². The average Bonchev–Trinajstić information content (AvgIpc) is 2.51. The summed E-state index contributed by atoms with van der Waals surface area (Å²) in [5, 5.41) is -5.71. The lowest BCUT2D eigenvalue weighted by molar-refractivity contribution is -0.469. The van der Waals surface area contributed by atoms with E-state index in [4.69, 9.17) is 11.9 Å². The van der Waals surface area contributed by atoms with E-state index in [0.717, 1.165) is 12.1 Å². The number of halogens is 12. The minimum Gasteiger partial charge on any atom is -0.427 e. The molecular formula is C12H4Cl2F10O4. The quantitative estimate of drug-likeness (QED) is 0.380. The molecule has 1 rings (SSSR count). The number of benzene rings is 1. The van der Waals surface area contributed by atoms with Gasteiger partial charge >= 0.3 is 35.6 Å². The van der Waals surface area contributed by atoms with Crippen LogP contribution in [0.1, 0.15) is 10.4 Å². The topological polar surface area (TPSA) is 44.8 Å². The van der Waals surface area contributed by atoms with Crippen molar-refractivity contribution in [3.63, 3.8) is 0 Å². The average molecular weight is 473 g/mol. The minimum absolute atomic E-state index is 0.397. The van der Waals surface area contributed by atoms with Gasteiger partial charge in [-0.2, -0.15) is 43.9 Å². The third-order valence-electron chi connectivity index (χ3n) is 2.70. The number of hydrogen-bond acceptors (Lipinski definition) is 4. The van der Waals surface area contributed by atoms with E-state index in [1.165, 1.54) is 0 Å². The maximum Gasteiger partial charge on any atom is 0.475 e. The zero-order valence-electron chi connectivity index (χ0n) is 12.5. The Hall–Kier alpha value is -1.67. The molecule has 0 amide bonds. The molecule has 28 heavy (non-hydrogen) atoms. The van der Waals surface area contributed by atoms with Crippen molar-refractivity contribution < 1.29 is 62.5 Å². The van der Waals surface area contributed by atoms with Gasteiger partial charge in [0.15, 0.2) is 0 Å².